The summed E-state index contributed by atoms with van der Waals surface area (Å²) in [6.07, 6.45) is -2.48. The summed E-state index contributed by atoms with van der Waals surface area (Å²) in [5.41, 5.74) is -1.47. The highest BCUT2D eigenvalue weighted by Gasteiger charge is 2.39. The number of likely N-dealkylation sites (tertiary alicyclic amines) is 1. The summed E-state index contributed by atoms with van der Waals surface area (Å²) >= 11 is 0. The minimum Gasteiger partial charge on any atom is -0.423 e. The standard InChI is InChI=1S/C25H30F3N7O3/c1-15(2)23-31-32-24(38-23)19-10-9-16(13-34(19)3)21(36)29-11-12-30-22(37)18-14-35(17-7-5-4-6-8-17)33-20(18)25(26,27)28/h4-8,14-16,19H,9-13H2,1-3H3,(H,29,36)(H,30,37)/t16-,19+/m0/s1. The smallest absolute Gasteiger partial charge is 0.423 e. The molecule has 1 fully saturated rings. The first-order valence-electron chi connectivity index (χ1n) is 12.4. The van der Waals surface area contributed by atoms with Crippen LogP contribution in [0.5, 0.6) is 0 Å². The Kier molecular flexibility index (Phi) is 8.14. The molecule has 0 unspecified atom stereocenters. The van der Waals surface area contributed by atoms with Gasteiger partial charge in [0, 0.05) is 31.7 Å². The van der Waals surface area contributed by atoms with Crippen LogP contribution >= 0.6 is 0 Å². The molecule has 4 rings (SSSR count). The van der Waals surface area contributed by atoms with E-state index in [1.807, 2.05) is 25.8 Å². The van der Waals surface area contributed by atoms with Crippen LogP contribution in [0.25, 0.3) is 5.69 Å². The van der Waals surface area contributed by atoms with Gasteiger partial charge in [0.15, 0.2) is 5.69 Å². The molecule has 0 bridgehead atoms. The van der Waals surface area contributed by atoms with Gasteiger partial charge >= 0.3 is 6.18 Å². The van der Waals surface area contributed by atoms with Crippen molar-refractivity contribution < 1.29 is 27.2 Å². The lowest BCUT2D eigenvalue weighted by molar-refractivity contribution is -0.141. The number of nitrogens with one attached hydrogen (secondary N) is 2. The van der Waals surface area contributed by atoms with Crippen molar-refractivity contribution in [2.24, 2.45) is 5.92 Å². The maximum atomic E-state index is 13.5. The second kappa shape index (κ2) is 11.3. The molecule has 204 valence electrons. The van der Waals surface area contributed by atoms with E-state index in [0.717, 1.165) is 10.9 Å². The van der Waals surface area contributed by atoms with Gasteiger partial charge in [-0.05, 0) is 32.0 Å². The predicted molar refractivity (Wildman–Crippen MR) is 130 cm³/mol. The van der Waals surface area contributed by atoms with E-state index in [1.165, 1.54) is 0 Å². The number of hydrogen-bond donors (Lipinski definition) is 2. The molecule has 3 aromatic rings. The van der Waals surface area contributed by atoms with Crippen molar-refractivity contribution in [1.29, 1.82) is 0 Å². The summed E-state index contributed by atoms with van der Waals surface area (Å²) in [5.74, 6) is -0.151. The Hall–Kier alpha value is -3.74. The SMILES string of the molecule is CC(C)c1nnc([C@H]2CC[C@H](C(=O)NCCNC(=O)c3cn(-c4ccccc4)nc3C(F)(F)F)CN2C)o1. The number of benzene rings is 1. The molecule has 1 aliphatic heterocycles. The fraction of sp³-hybridized carbons (Fsp3) is 0.480. The molecule has 0 spiro atoms. The Morgan fingerprint density at radius 3 is 2.45 bits per heavy atom. The zero-order chi connectivity index (χ0) is 27.4. The third-order valence-electron chi connectivity index (χ3n) is 6.39. The van der Waals surface area contributed by atoms with Crippen LogP contribution < -0.4 is 10.6 Å². The van der Waals surface area contributed by atoms with Crippen molar-refractivity contribution in [2.75, 3.05) is 26.7 Å². The summed E-state index contributed by atoms with van der Waals surface area (Å²) in [6.45, 7) is 4.46. The van der Waals surface area contributed by atoms with Gasteiger partial charge in [0.2, 0.25) is 17.7 Å². The molecule has 2 N–H and O–H groups in total. The Bertz CT molecular complexity index is 1260. The highest BCUT2D eigenvalue weighted by Crippen LogP contribution is 2.33. The van der Waals surface area contributed by atoms with E-state index in [2.05, 4.69) is 25.9 Å². The third-order valence-corrected chi connectivity index (χ3v) is 6.39. The fourth-order valence-corrected chi connectivity index (χ4v) is 4.35. The number of amides is 2. The van der Waals surface area contributed by atoms with Crippen LogP contribution in [0.4, 0.5) is 13.2 Å². The van der Waals surface area contributed by atoms with Crippen molar-refractivity contribution in [3.8, 4) is 5.69 Å². The summed E-state index contributed by atoms with van der Waals surface area (Å²) in [7, 11) is 1.89. The van der Waals surface area contributed by atoms with Crippen LogP contribution in [0.1, 0.15) is 66.5 Å². The fourth-order valence-electron chi connectivity index (χ4n) is 4.35. The number of alkyl halides is 3. The van der Waals surface area contributed by atoms with Crippen molar-refractivity contribution in [3.05, 3.63) is 59.6 Å². The average molecular weight is 534 g/mol. The Morgan fingerprint density at radius 2 is 1.82 bits per heavy atom. The van der Waals surface area contributed by atoms with E-state index in [1.54, 1.807) is 30.3 Å². The normalized spacial score (nSPS) is 18.5. The summed E-state index contributed by atoms with van der Waals surface area (Å²) < 4.78 is 47.3. The second-order valence-electron chi connectivity index (χ2n) is 9.58. The second-order valence-corrected chi connectivity index (χ2v) is 9.58. The van der Waals surface area contributed by atoms with Gasteiger partial charge in [-0.25, -0.2) is 4.68 Å². The zero-order valence-electron chi connectivity index (χ0n) is 21.3. The molecule has 0 radical (unpaired) electrons. The van der Waals surface area contributed by atoms with Crippen LogP contribution in [0.3, 0.4) is 0 Å². The molecule has 1 aromatic carbocycles. The molecule has 1 saturated heterocycles. The van der Waals surface area contributed by atoms with Crippen molar-refractivity contribution in [2.45, 2.75) is 44.8 Å². The molecule has 2 amide bonds. The molecule has 2 atom stereocenters. The Labute approximate surface area is 217 Å². The summed E-state index contributed by atoms with van der Waals surface area (Å²) in [5, 5.41) is 17.0. The number of piperidine rings is 1. The van der Waals surface area contributed by atoms with Crippen LogP contribution in [-0.2, 0) is 11.0 Å². The predicted octanol–water partition coefficient (Wildman–Crippen LogP) is 3.33. The van der Waals surface area contributed by atoms with E-state index in [9.17, 15) is 22.8 Å². The molecule has 13 heteroatoms. The summed E-state index contributed by atoms with van der Waals surface area (Å²) in [6, 6.07) is 8.13. The summed E-state index contributed by atoms with van der Waals surface area (Å²) in [4.78, 5) is 27.2. The first kappa shape index (κ1) is 27.3. The number of carbonyl (C=O) groups is 2. The molecule has 10 nitrogen and oxygen atoms in total. The number of para-hydroxylation sites is 1. The number of rotatable bonds is 8. The largest absolute Gasteiger partial charge is 0.435 e. The van der Waals surface area contributed by atoms with Gasteiger partial charge in [-0.15, -0.1) is 10.2 Å². The highest BCUT2D eigenvalue weighted by molar-refractivity contribution is 5.95. The number of nitrogens with zero attached hydrogens (tertiary/aromatic N) is 5. The first-order valence-corrected chi connectivity index (χ1v) is 12.4. The third kappa shape index (κ3) is 6.21. The van der Waals surface area contributed by atoms with E-state index < -0.39 is 23.3 Å². The lowest BCUT2D eigenvalue weighted by Crippen LogP contribution is -2.44. The Balaban J connectivity index is 1.28. The van der Waals surface area contributed by atoms with E-state index in [4.69, 9.17) is 4.42 Å². The maximum Gasteiger partial charge on any atom is 0.435 e. The molecule has 38 heavy (non-hydrogen) atoms. The van der Waals surface area contributed by atoms with E-state index in [0.29, 0.717) is 36.9 Å². The topological polar surface area (TPSA) is 118 Å². The molecule has 2 aromatic heterocycles. The first-order chi connectivity index (χ1) is 18.0. The molecule has 0 saturated carbocycles. The van der Waals surface area contributed by atoms with E-state index >= 15 is 0 Å². The molecular formula is C25H30F3N7O3. The van der Waals surface area contributed by atoms with E-state index in [-0.39, 0.29) is 36.9 Å². The minimum atomic E-state index is -4.80. The molecular weight excluding hydrogens is 503 g/mol. The van der Waals surface area contributed by atoms with Gasteiger partial charge < -0.3 is 15.1 Å². The van der Waals surface area contributed by atoms with Crippen LogP contribution in [0, 0.1) is 5.92 Å². The van der Waals surface area contributed by atoms with Gasteiger partial charge in [0.05, 0.1) is 23.2 Å². The van der Waals surface area contributed by atoms with Gasteiger partial charge in [-0.1, -0.05) is 32.0 Å². The number of hydrogen-bond acceptors (Lipinski definition) is 7. The van der Waals surface area contributed by atoms with Crippen LogP contribution in [-0.4, -0.2) is 63.4 Å². The van der Waals surface area contributed by atoms with Gasteiger partial charge in [0.1, 0.15) is 0 Å². The lowest BCUT2D eigenvalue weighted by Gasteiger charge is -2.34. The van der Waals surface area contributed by atoms with Crippen molar-refractivity contribution in [3.63, 3.8) is 0 Å². The van der Waals surface area contributed by atoms with Gasteiger partial charge in [0.25, 0.3) is 5.91 Å². The van der Waals surface area contributed by atoms with Crippen molar-refractivity contribution >= 4 is 11.8 Å². The zero-order valence-corrected chi connectivity index (χ0v) is 21.3. The average Bonchev–Trinajstić information content (AvgIpc) is 3.55. The molecule has 1 aliphatic rings. The quantitative estimate of drug-likeness (QED) is 0.427. The maximum absolute atomic E-state index is 13.5. The Morgan fingerprint density at radius 1 is 1.11 bits per heavy atom. The van der Waals surface area contributed by atoms with Crippen LogP contribution in [0.2, 0.25) is 0 Å². The minimum absolute atomic E-state index is 0.0382. The number of aromatic nitrogens is 4. The highest BCUT2D eigenvalue weighted by atomic mass is 19.4. The van der Waals surface area contributed by atoms with Crippen molar-refractivity contribution in [1.82, 2.24) is 35.5 Å². The van der Waals surface area contributed by atoms with Gasteiger partial charge in [-0.3, -0.25) is 14.5 Å². The van der Waals surface area contributed by atoms with Gasteiger partial charge in [-0.2, -0.15) is 18.3 Å². The number of carbonyl (C=O) groups excluding carboxylic acids is 2. The molecule has 3 heterocycles. The van der Waals surface area contributed by atoms with Crippen LogP contribution in [0.15, 0.2) is 40.9 Å². The lowest BCUT2D eigenvalue weighted by atomic mass is 9.92. The monoisotopic (exact) mass is 533 g/mol. The molecule has 0 aliphatic carbocycles. The number of halogens is 3.